The maximum atomic E-state index is 12.1. The van der Waals surface area contributed by atoms with Gasteiger partial charge in [0, 0.05) is 24.8 Å². The summed E-state index contributed by atoms with van der Waals surface area (Å²) in [6.07, 6.45) is 0.847. The van der Waals surface area contributed by atoms with Gasteiger partial charge in [-0.25, -0.2) is 0 Å². The van der Waals surface area contributed by atoms with E-state index in [0.29, 0.717) is 18.0 Å². The molecule has 2 aromatic carbocycles. The molecule has 0 fully saturated rings. The summed E-state index contributed by atoms with van der Waals surface area (Å²) >= 11 is 0. The van der Waals surface area contributed by atoms with Gasteiger partial charge in [0.1, 0.15) is 5.75 Å². The van der Waals surface area contributed by atoms with Crippen molar-refractivity contribution in [3.63, 3.8) is 0 Å². The monoisotopic (exact) mass is 324 g/mol. The number of benzene rings is 2. The molecule has 1 N–H and O–H groups in total. The van der Waals surface area contributed by atoms with Gasteiger partial charge in [-0.15, -0.1) is 0 Å². The van der Waals surface area contributed by atoms with Crippen LogP contribution in [0.1, 0.15) is 18.1 Å². The van der Waals surface area contributed by atoms with Crippen LogP contribution in [0.2, 0.25) is 0 Å². The minimum atomic E-state index is -0.233. The fraction of sp³-hybridized carbons (Fsp3) is 0.263. The molecule has 0 atom stereocenters. The van der Waals surface area contributed by atoms with E-state index in [9.17, 15) is 9.59 Å². The van der Waals surface area contributed by atoms with Crippen LogP contribution in [0.15, 0.2) is 42.5 Å². The summed E-state index contributed by atoms with van der Waals surface area (Å²) in [5.74, 6) is 0.450. The lowest BCUT2D eigenvalue weighted by Gasteiger charge is -2.16. The average molecular weight is 324 g/mol. The fourth-order valence-corrected chi connectivity index (χ4v) is 2.84. The quantitative estimate of drug-likeness (QED) is 0.941. The summed E-state index contributed by atoms with van der Waals surface area (Å²) in [7, 11) is 0. The molecule has 24 heavy (non-hydrogen) atoms. The minimum absolute atomic E-state index is 0.0139. The van der Waals surface area contributed by atoms with Crippen LogP contribution < -0.4 is 15.0 Å². The number of hydrogen-bond donors (Lipinski definition) is 1. The van der Waals surface area contributed by atoms with E-state index < -0.39 is 0 Å². The van der Waals surface area contributed by atoms with Gasteiger partial charge in [-0.2, -0.15) is 0 Å². The number of nitrogens with zero attached hydrogens (tertiary/aromatic N) is 1. The van der Waals surface area contributed by atoms with Gasteiger partial charge in [0.2, 0.25) is 5.91 Å². The van der Waals surface area contributed by atoms with E-state index in [4.69, 9.17) is 4.74 Å². The van der Waals surface area contributed by atoms with Gasteiger partial charge in [0.25, 0.3) is 5.91 Å². The number of hydrogen-bond acceptors (Lipinski definition) is 3. The van der Waals surface area contributed by atoms with Crippen molar-refractivity contribution in [1.82, 2.24) is 0 Å². The van der Waals surface area contributed by atoms with Gasteiger partial charge in [-0.1, -0.05) is 18.2 Å². The Morgan fingerprint density at radius 3 is 2.79 bits per heavy atom. The molecule has 2 aromatic rings. The summed E-state index contributed by atoms with van der Waals surface area (Å²) < 4.78 is 5.50. The molecule has 1 aliphatic heterocycles. The molecule has 1 heterocycles. The summed E-state index contributed by atoms with van der Waals surface area (Å²) in [6.45, 7) is 4.16. The molecule has 124 valence electrons. The number of anilines is 2. The Kier molecular flexibility index (Phi) is 4.51. The standard InChI is InChI=1S/C19H20N2O3/c1-13-4-3-5-17(10-13)24-12-19(23)20-16-7-6-15-8-9-21(14(2)22)18(15)11-16/h3-7,10-11H,8-9,12H2,1-2H3,(H,20,23). The zero-order chi connectivity index (χ0) is 17.1. The lowest BCUT2D eigenvalue weighted by atomic mass is 10.1. The second kappa shape index (κ2) is 6.74. The number of amides is 2. The van der Waals surface area contributed by atoms with Gasteiger partial charge < -0.3 is 15.0 Å². The maximum Gasteiger partial charge on any atom is 0.262 e. The van der Waals surface area contributed by atoms with E-state index in [1.54, 1.807) is 11.8 Å². The molecule has 0 bridgehead atoms. The minimum Gasteiger partial charge on any atom is -0.484 e. The van der Waals surface area contributed by atoms with E-state index >= 15 is 0 Å². The predicted octanol–water partition coefficient (Wildman–Crippen LogP) is 2.92. The molecule has 0 aliphatic carbocycles. The largest absolute Gasteiger partial charge is 0.484 e. The van der Waals surface area contributed by atoms with Gasteiger partial charge in [-0.05, 0) is 48.7 Å². The lowest BCUT2D eigenvalue weighted by molar-refractivity contribution is -0.118. The van der Waals surface area contributed by atoms with Crippen molar-refractivity contribution < 1.29 is 14.3 Å². The molecule has 3 rings (SSSR count). The highest BCUT2D eigenvalue weighted by atomic mass is 16.5. The summed E-state index contributed by atoms with van der Waals surface area (Å²) in [6, 6.07) is 13.2. The molecule has 1 aliphatic rings. The number of rotatable bonds is 4. The number of ether oxygens (including phenoxy) is 1. The third-order valence-corrected chi connectivity index (χ3v) is 4.00. The summed E-state index contributed by atoms with van der Waals surface area (Å²) in [5, 5.41) is 2.81. The molecule has 2 amide bonds. The van der Waals surface area contributed by atoms with Crippen molar-refractivity contribution in [1.29, 1.82) is 0 Å². The summed E-state index contributed by atoms with van der Waals surface area (Å²) in [4.78, 5) is 25.4. The van der Waals surface area contributed by atoms with E-state index in [0.717, 1.165) is 23.2 Å². The first-order chi connectivity index (χ1) is 11.5. The zero-order valence-corrected chi connectivity index (χ0v) is 13.8. The van der Waals surface area contributed by atoms with Crippen LogP contribution in [0.25, 0.3) is 0 Å². The molecular weight excluding hydrogens is 304 g/mol. The predicted molar refractivity (Wildman–Crippen MR) is 93.5 cm³/mol. The molecule has 0 unspecified atom stereocenters. The molecule has 5 heteroatoms. The number of carbonyl (C=O) groups excluding carboxylic acids is 2. The van der Waals surface area contributed by atoms with Crippen molar-refractivity contribution in [2.45, 2.75) is 20.3 Å². The molecule has 0 saturated heterocycles. The highest BCUT2D eigenvalue weighted by molar-refractivity contribution is 5.96. The van der Waals surface area contributed by atoms with Crippen LogP contribution in [0.3, 0.4) is 0 Å². The second-order valence-corrected chi connectivity index (χ2v) is 5.92. The molecule has 0 radical (unpaired) electrons. The van der Waals surface area contributed by atoms with E-state index in [-0.39, 0.29) is 18.4 Å². The van der Waals surface area contributed by atoms with Gasteiger partial charge in [0.05, 0.1) is 0 Å². The molecule has 0 saturated carbocycles. The topological polar surface area (TPSA) is 58.6 Å². The number of carbonyl (C=O) groups is 2. The van der Waals surface area contributed by atoms with Crippen LogP contribution in [-0.2, 0) is 16.0 Å². The highest BCUT2D eigenvalue weighted by Crippen LogP contribution is 2.30. The smallest absolute Gasteiger partial charge is 0.262 e. The van der Waals surface area contributed by atoms with Gasteiger partial charge in [0.15, 0.2) is 6.61 Å². The second-order valence-electron chi connectivity index (χ2n) is 5.92. The third kappa shape index (κ3) is 3.56. The van der Waals surface area contributed by atoms with E-state index in [2.05, 4.69) is 5.32 Å². The van der Waals surface area contributed by atoms with Crippen LogP contribution in [0.4, 0.5) is 11.4 Å². The fourth-order valence-electron chi connectivity index (χ4n) is 2.84. The zero-order valence-electron chi connectivity index (χ0n) is 13.8. The Morgan fingerprint density at radius 2 is 2.04 bits per heavy atom. The molecule has 0 aromatic heterocycles. The Bertz CT molecular complexity index is 786. The van der Waals surface area contributed by atoms with E-state index in [1.165, 1.54) is 0 Å². The molecule has 5 nitrogen and oxygen atoms in total. The Morgan fingerprint density at radius 1 is 1.21 bits per heavy atom. The van der Waals surface area contributed by atoms with Crippen LogP contribution in [0, 0.1) is 6.92 Å². The van der Waals surface area contributed by atoms with Crippen molar-refractivity contribution in [2.75, 3.05) is 23.4 Å². The van der Waals surface area contributed by atoms with Crippen molar-refractivity contribution >= 4 is 23.2 Å². The highest BCUT2D eigenvalue weighted by Gasteiger charge is 2.22. The SMILES string of the molecule is CC(=O)N1CCc2ccc(NC(=O)COc3cccc(C)c3)cc21. The Hall–Kier alpha value is -2.82. The Balaban J connectivity index is 1.63. The Labute approximate surface area is 141 Å². The van der Waals surface area contributed by atoms with Gasteiger partial charge >= 0.3 is 0 Å². The normalized spacial score (nSPS) is 12.7. The van der Waals surface area contributed by atoms with Crippen molar-refractivity contribution in [3.05, 3.63) is 53.6 Å². The lowest BCUT2D eigenvalue weighted by Crippen LogP contribution is -2.26. The first-order valence-corrected chi connectivity index (χ1v) is 7.93. The first kappa shape index (κ1) is 16.1. The van der Waals surface area contributed by atoms with Crippen LogP contribution >= 0.6 is 0 Å². The van der Waals surface area contributed by atoms with Crippen LogP contribution in [-0.4, -0.2) is 25.0 Å². The average Bonchev–Trinajstić information content (AvgIpc) is 2.96. The third-order valence-electron chi connectivity index (χ3n) is 4.00. The molecule has 0 spiro atoms. The number of aryl methyl sites for hydroxylation is 1. The number of fused-ring (bicyclic) bond motifs is 1. The number of nitrogens with one attached hydrogen (secondary N) is 1. The maximum absolute atomic E-state index is 12.1. The first-order valence-electron chi connectivity index (χ1n) is 7.93. The molecular formula is C19H20N2O3. The van der Waals surface area contributed by atoms with Crippen LogP contribution in [0.5, 0.6) is 5.75 Å². The van der Waals surface area contributed by atoms with Crippen molar-refractivity contribution in [2.24, 2.45) is 0 Å². The van der Waals surface area contributed by atoms with Gasteiger partial charge in [-0.3, -0.25) is 9.59 Å². The van der Waals surface area contributed by atoms with Crippen molar-refractivity contribution in [3.8, 4) is 5.75 Å². The van der Waals surface area contributed by atoms with E-state index in [1.807, 2.05) is 49.4 Å². The summed E-state index contributed by atoms with van der Waals surface area (Å²) in [5.41, 5.74) is 3.75.